The smallest absolute Gasteiger partial charge is 0.313 e. The van der Waals surface area contributed by atoms with Gasteiger partial charge in [-0.3, -0.25) is 9.59 Å². The first-order valence-corrected chi connectivity index (χ1v) is 10.5. The van der Waals surface area contributed by atoms with Gasteiger partial charge in [-0.1, -0.05) is 11.8 Å². The van der Waals surface area contributed by atoms with Crippen LogP contribution in [-0.4, -0.2) is 57.3 Å². The molecule has 1 aromatic carbocycles. The number of carboxylic acid groups (broad SMARTS) is 1. The van der Waals surface area contributed by atoms with Crippen molar-refractivity contribution in [3.05, 3.63) is 23.5 Å². The van der Waals surface area contributed by atoms with Gasteiger partial charge in [-0.25, -0.2) is 0 Å². The van der Waals surface area contributed by atoms with Gasteiger partial charge < -0.3 is 29.2 Å². The van der Waals surface area contributed by atoms with Crippen LogP contribution in [-0.2, 0) is 18.4 Å². The summed E-state index contributed by atoms with van der Waals surface area (Å²) in [6, 6.07) is 3.22. The summed E-state index contributed by atoms with van der Waals surface area (Å²) in [7, 11) is 1.71. The van der Waals surface area contributed by atoms with Crippen molar-refractivity contribution in [1.82, 2.24) is 20.1 Å². The van der Waals surface area contributed by atoms with Crippen molar-refractivity contribution in [1.29, 1.82) is 0 Å². The number of carboxylic acids is 1. The van der Waals surface area contributed by atoms with Crippen molar-refractivity contribution in [3.63, 3.8) is 0 Å². The summed E-state index contributed by atoms with van der Waals surface area (Å²) in [5.74, 6) is 0.419. The van der Waals surface area contributed by atoms with E-state index in [9.17, 15) is 9.59 Å². The van der Waals surface area contributed by atoms with Gasteiger partial charge in [-0.15, -0.1) is 10.2 Å². The standard InChI is InChI=1S/C19H26N4O6S/c1-5-27-13-8-12(9-14(28-6-2)17(13)29-7-3)18(26)20-10-15-21-22-19(23(15)4)30-11-16(24)25/h8-9H,5-7,10-11H2,1-4H3,(H,20,26)(H,24,25). The summed E-state index contributed by atoms with van der Waals surface area (Å²) in [4.78, 5) is 23.4. The van der Waals surface area contributed by atoms with Gasteiger partial charge in [0, 0.05) is 12.6 Å². The normalized spacial score (nSPS) is 10.5. The highest BCUT2D eigenvalue weighted by Gasteiger charge is 2.19. The molecule has 0 fully saturated rings. The van der Waals surface area contributed by atoms with Gasteiger partial charge in [0.1, 0.15) is 0 Å². The lowest BCUT2D eigenvalue weighted by molar-refractivity contribution is -0.133. The Labute approximate surface area is 178 Å². The van der Waals surface area contributed by atoms with Crippen molar-refractivity contribution in [2.45, 2.75) is 32.5 Å². The van der Waals surface area contributed by atoms with Crippen molar-refractivity contribution in [3.8, 4) is 17.2 Å². The van der Waals surface area contributed by atoms with E-state index in [2.05, 4.69) is 15.5 Å². The van der Waals surface area contributed by atoms with Gasteiger partial charge in [0.25, 0.3) is 5.91 Å². The number of rotatable bonds is 12. The van der Waals surface area contributed by atoms with E-state index in [1.165, 1.54) is 0 Å². The first kappa shape index (κ1) is 23.3. The van der Waals surface area contributed by atoms with Crippen LogP contribution in [0.4, 0.5) is 0 Å². The first-order valence-electron chi connectivity index (χ1n) is 9.48. The van der Waals surface area contributed by atoms with Gasteiger partial charge in [0.15, 0.2) is 22.5 Å². The number of aliphatic carboxylic acids is 1. The number of carbonyl (C=O) groups excluding carboxylic acids is 1. The van der Waals surface area contributed by atoms with Gasteiger partial charge in [-0.05, 0) is 32.9 Å². The van der Waals surface area contributed by atoms with E-state index in [0.29, 0.717) is 53.6 Å². The van der Waals surface area contributed by atoms with Crippen LogP contribution in [0.15, 0.2) is 17.3 Å². The summed E-state index contributed by atoms with van der Waals surface area (Å²) in [6.07, 6.45) is 0. The first-order chi connectivity index (χ1) is 14.4. The molecule has 0 aliphatic carbocycles. The average molecular weight is 439 g/mol. The van der Waals surface area contributed by atoms with Crippen LogP contribution in [0.5, 0.6) is 17.2 Å². The number of benzene rings is 1. The Kier molecular flexibility index (Phi) is 8.78. The van der Waals surface area contributed by atoms with Gasteiger partial charge in [0.05, 0.1) is 32.1 Å². The summed E-state index contributed by atoms with van der Waals surface area (Å²) in [5.41, 5.74) is 0.355. The predicted octanol–water partition coefficient (Wildman–Crippen LogP) is 2.12. The van der Waals surface area contributed by atoms with E-state index in [4.69, 9.17) is 19.3 Å². The lowest BCUT2D eigenvalue weighted by Gasteiger charge is -2.17. The second kappa shape index (κ2) is 11.3. The van der Waals surface area contributed by atoms with E-state index in [1.807, 2.05) is 20.8 Å². The van der Waals surface area contributed by atoms with Crippen LogP contribution in [0.1, 0.15) is 37.0 Å². The molecule has 1 heterocycles. The summed E-state index contributed by atoms with van der Waals surface area (Å²) >= 11 is 1.06. The number of nitrogens with zero attached hydrogens (tertiary/aromatic N) is 3. The maximum Gasteiger partial charge on any atom is 0.313 e. The largest absolute Gasteiger partial charge is 0.490 e. The fourth-order valence-corrected chi connectivity index (χ4v) is 3.18. The highest BCUT2D eigenvalue weighted by atomic mass is 32.2. The third-order valence-electron chi connectivity index (χ3n) is 3.83. The molecule has 0 aliphatic heterocycles. The Balaban J connectivity index is 2.17. The van der Waals surface area contributed by atoms with E-state index < -0.39 is 5.97 Å². The zero-order chi connectivity index (χ0) is 22.1. The monoisotopic (exact) mass is 438 g/mol. The van der Waals surface area contributed by atoms with Gasteiger partial charge in [0.2, 0.25) is 5.75 Å². The number of hydrogen-bond acceptors (Lipinski definition) is 8. The highest BCUT2D eigenvalue weighted by Crippen LogP contribution is 2.39. The molecule has 0 atom stereocenters. The fourth-order valence-electron chi connectivity index (χ4n) is 2.53. The maximum atomic E-state index is 12.7. The van der Waals surface area contributed by atoms with E-state index in [1.54, 1.807) is 23.7 Å². The van der Waals surface area contributed by atoms with Crippen LogP contribution >= 0.6 is 11.8 Å². The Morgan fingerprint density at radius 2 is 1.67 bits per heavy atom. The summed E-state index contributed by atoms with van der Waals surface area (Å²) in [6.45, 7) is 6.92. The van der Waals surface area contributed by atoms with Crippen LogP contribution < -0.4 is 19.5 Å². The quantitative estimate of drug-likeness (QED) is 0.479. The zero-order valence-corrected chi connectivity index (χ0v) is 18.2. The van der Waals surface area contributed by atoms with Gasteiger partial charge in [-0.2, -0.15) is 0 Å². The third kappa shape index (κ3) is 6.02. The van der Waals surface area contributed by atoms with Crippen LogP contribution in [0.2, 0.25) is 0 Å². The average Bonchev–Trinajstić information content (AvgIpc) is 3.06. The van der Waals surface area contributed by atoms with Crippen molar-refractivity contribution in [2.24, 2.45) is 7.05 Å². The number of thioether (sulfide) groups is 1. The molecule has 1 aromatic heterocycles. The van der Waals surface area contributed by atoms with E-state index in [-0.39, 0.29) is 18.2 Å². The SMILES string of the molecule is CCOc1cc(C(=O)NCc2nnc(SCC(=O)O)n2C)cc(OCC)c1OCC. The van der Waals surface area contributed by atoms with Gasteiger partial charge >= 0.3 is 5.97 Å². The van der Waals surface area contributed by atoms with E-state index >= 15 is 0 Å². The topological polar surface area (TPSA) is 125 Å². The molecular formula is C19H26N4O6S. The molecule has 0 saturated heterocycles. The molecule has 11 heteroatoms. The molecule has 0 radical (unpaired) electrons. The maximum absolute atomic E-state index is 12.7. The molecule has 0 saturated carbocycles. The predicted molar refractivity (Wildman–Crippen MR) is 110 cm³/mol. The minimum atomic E-state index is -0.941. The van der Waals surface area contributed by atoms with E-state index in [0.717, 1.165) is 11.8 Å². The molecule has 2 rings (SSSR count). The number of hydrogen-bond donors (Lipinski definition) is 2. The minimum Gasteiger partial charge on any atom is -0.490 e. The number of aromatic nitrogens is 3. The molecule has 10 nitrogen and oxygen atoms in total. The minimum absolute atomic E-state index is 0.120. The molecule has 0 unspecified atom stereocenters. The molecule has 164 valence electrons. The number of amides is 1. The molecule has 30 heavy (non-hydrogen) atoms. The van der Waals surface area contributed by atoms with Crippen LogP contribution in [0.3, 0.4) is 0 Å². The lowest BCUT2D eigenvalue weighted by Crippen LogP contribution is -2.24. The second-order valence-electron chi connectivity index (χ2n) is 5.92. The third-order valence-corrected chi connectivity index (χ3v) is 4.83. The Morgan fingerprint density at radius 1 is 1.07 bits per heavy atom. The zero-order valence-electron chi connectivity index (χ0n) is 17.4. The molecule has 0 bridgehead atoms. The second-order valence-corrected chi connectivity index (χ2v) is 6.87. The fraction of sp³-hybridized carbons (Fsp3) is 0.474. The number of ether oxygens (including phenoxy) is 3. The number of nitrogens with one attached hydrogen (secondary N) is 1. The molecule has 0 aliphatic rings. The van der Waals surface area contributed by atoms with Crippen molar-refractivity contribution in [2.75, 3.05) is 25.6 Å². The lowest BCUT2D eigenvalue weighted by atomic mass is 10.1. The van der Waals surface area contributed by atoms with Crippen molar-refractivity contribution < 1.29 is 28.9 Å². The molecule has 0 spiro atoms. The summed E-state index contributed by atoms with van der Waals surface area (Å²) < 4.78 is 18.6. The summed E-state index contributed by atoms with van der Waals surface area (Å²) in [5, 5.41) is 20.0. The molecule has 2 aromatic rings. The Morgan fingerprint density at radius 3 is 2.20 bits per heavy atom. The Hall–Kier alpha value is -2.95. The molecule has 2 N–H and O–H groups in total. The molecular weight excluding hydrogens is 412 g/mol. The van der Waals surface area contributed by atoms with Crippen LogP contribution in [0, 0.1) is 0 Å². The Bertz CT molecular complexity index is 859. The van der Waals surface area contributed by atoms with Crippen LogP contribution in [0.25, 0.3) is 0 Å². The molecule has 1 amide bonds. The highest BCUT2D eigenvalue weighted by molar-refractivity contribution is 7.99. The number of carbonyl (C=O) groups is 2. The van der Waals surface area contributed by atoms with Crippen molar-refractivity contribution >= 4 is 23.6 Å².